The van der Waals surface area contributed by atoms with E-state index in [4.69, 9.17) is 0 Å². The Hall–Kier alpha value is -1.24. The third kappa shape index (κ3) is 1.02. The van der Waals surface area contributed by atoms with Gasteiger partial charge in [0.2, 0.25) is 0 Å². The van der Waals surface area contributed by atoms with Crippen LogP contribution in [0.15, 0.2) is 24.4 Å². The number of fused-ring (bicyclic) bond motifs is 1. The molecule has 1 N–H and O–H groups in total. The summed E-state index contributed by atoms with van der Waals surface area (Å²) >= 11 is 0. The van der Waals surface area contributed by atoms with Crippen LogP contribution in [0, 0.1) is 6.92 Å². The molecule has 0 saturated heterocycles. The molecule has 0 spiro atoms. The molecular formula is C11H13N. The SMILES string of the molecule is CCc1c[nH]c2cc(C)ccc12. The first-order chi connectivity index (χ1) is 5.81. The van der Waals surface area contributed by atoms with Crippen LogP contribution in [0.3, 0.4) is 0 Å². The quantitative estimate of drug-likeness (QED) is 0.658. The monoisotopic (exact) mass is 159 g/mol. The third-order valence-corrected chi connectivity index (χ3v) is 2.30. The van der Waals surface area contributed by atoms with Gasteiger partial charge in [-0.15, -0.1) is 0 Å². The van der Waals surface area contributed by atoms with Crippen LogP contribution >= 0.6 is 0 Å². The Bertz CT molecular complexity index is 398. The molecule has 0 saturated carbocycles. The van der Waals surface area contributed by atoms with Crippen LogP contribution in [0.4, 0.5) is 0 Å². The van der Waals surface area contributed by atoms with Crippen LogP contribution in [-0.4, -0.2) is 4.98 Å². The van der Waals surface area contributed by atoms with Crippen LogP contribution < -0.4 is 0 Å². The van der Waals surface area contributed by atoms with E-state index >= 15 is 0 Å². The lowest BCUT2D eigenvalue weighted by Crippen LogP contribution is -1.75. The highest BCUT2D eigenvalue weighted by Crippen LogP contribution is 2.19. The van der Waals surface area contributed by atoms with E-state index in [0.29, 0.717) is 0 Å². The van der Waals surface area contributed by atoms with E-state index in [-0.39, 0.29) is 0 Å². The minimum Gasteiger partial charge on any atom is -0.361 e. The number of aromatic nitrogens is 1. The summed E-state index contributed by atoms with van der Waals surface area (Å²) in [4.78, 5) is 3.28. The van der Waals surface area contributed by atoms with Crippen LogP contribution in [-0.2, 0) is 6.42 Å². The van der Waals surface area contributed by atoms with Gasteiger partial charge in [-0.3, -0.25) is 0 Å². The summed E-state index contributed by atoms with van der Waals surface area (Å²) in [6.07, 6.45) is 3.20. The van der Waals surface area contributed by atoms with Gasteiger partial charge in [-0.25, -0.2) is 0 Å². The molecule has 62 valence electrons. The Balaban J connectivity index is 2.73. The molecule has 0 bridgehead atoms. The standard InChI is InChI=1S/C11H13N/c1-3-9-7-12-11-6-8(2)4-5-10(9)11/h4-7,12H,3H2,1-2H3. The molecular weight excluding hydrogens is 146 g/mol. The number of benzene rings is 1. The van der Waals surface area contributed by atoms with Gasteiger partial charge in [0, 0.05) is 17.1 Å². The van der Waals surface area contributed by atoms with Gasteiger partial charge in [-0.1, -0.05) is 19.1 Å². The number of nitrogens with one attached hydrogen (secondary N) is 1. The maximum absolute atomic E-state index is 3.28. The molecule has 0 aliphatic rings. The van der Waals surface area contributed by atoms with Crippen molar-refractivity contribution in [2.24, 2.45) is 0 Å². The fourth-order valence-corrected chi connectivity index (χ4v) is 1.59. The summed E-state index contributed by atoms with van der Waals surface area (Å²) in [5.41, 5.74) is 3.98. The molecule has 2 aromatic rings. The van der Waals surface area contributed by atoms with E-state index in [1.165, 1.54) is 22.0 Å². The van der Waals surface area contributed by atoms with Gasteiger partial charge in [-0.05, 0) is 30.5 Å². The van der Waals surface area contributed by atoms with Crippen LogP contribution in [0.2, 0.25) is 0 Å². The molecule has 0 fully saturated rings. The Morgan fingerprint density at radius 2 is 2.17 bits per heavy atom. The Morgan fingerprint density at radius 1 is 1.33 bits per heavy atom. The molecule has 0 unspecified atom stereocenters. The fourth-order valence-electron chi connectivity index (χ4n) is 1.59. The molecule has 0 aliphatic heterocycles. The maximum Gasteiger partial charge on any atom is 0.0459 e. The Kier molecular flexibility index (Phi) is 1.65. The van der Waals surface area contributed by atoms with Crippen molar-refractivity contribution in [3.05, 3.63) is 35.5 Å². The highest BCUT2D eigenvalue weighted by Gasteiger charge is 1.99. The van der Waals surface area contributed by atoms with Crippen molar-refractivity contribution >= 4 is 10.9 Å². The zero-order chi connectivity index (χ0) is 8.55. The van der Waals surface area contributed by atoms with Gasteiger partial charge in [-0.2, -0.15) is 0 Å². The molecule has 1 nitrogen and oxygen atoms in total. The van der Waals surface area contributed by atoms with Crippen LogP contribution in [0.1, 0.15) is 18.1 Å². The van der Waals surface area contributed by atoms with E-state index < -0.39 is 0 Å². The molecule has 0 amide bonds. The number of rotatable bonds is 1. The summed E-state index contributed by atoms with van der Waals surface area (Å²) < 4.78 is 0. The van der Waals surface area contributed by atoms with Gasteiger partial charge in [0.1, 0.15) is 0 Å². The smallest absolute Gasteiger partial charge is 0.0459 e. The van der Waals surface area contributed by atoms with Crippen LogP contribution in [0.5, 0.6) is 0 Å². The fraction of sp³-hybridized carbons (Fsp3) is 0.273. The maximum atomic E-state index is 3.28. The molecule has 1 aromatic heterocycles. The van der Waals surface area contributed by atoms with Crippen molar-refractivity contribution in [2.45, 2.75) is 20.3 Å². The van der Waals surface area contributed by atoms with Crippen molar-refractivity contribution in [3.63, 3.8) is 0 Å². The molecule has 0 aliphatic carbocycles. The van der Waals surface area contributed by atoms with E-state index in [9.17, 15) is 0 Å². The summed E-state index contributed by atoms with van der Waals surface area (Å²) in [6, 6.07) is 6.55. The van der Waals surface area contributed by atoms with E-state index in [0.717, 1.165) is 6.42 Å². The average molecular weight is 159 g/mol. The predicted molar refractivity (Wildman–Crippen MR) is 52.4 cm³/mol. The Morgan fingerprint density at radius 3 is 2.92 bits per heavy atom. The minimum absolute atomic E-state index is 1.10. The van der Waals surface area contributed by atoms with E-state index in [2.05, 4.69) is 43.2 Å². The molecule has 0 radical (unpaired) electrons. The van der Waals surface area contributed by atoms with E-state index in [1.54, 1.807) is 0 Å². The number of hydrogen-bond donors (Lipinski definition) is 1. The number of aryl methyl sites for hydroxylation is 2. The van der Waals surface area contributed by atoms with Crippen molar-refractivity contribution in [1.82, 2.24) is 4.98 Å². The number of aromatic amines is 1. The lowest BCUT2D eigenvalue weighted by Gasteiger charge is -1.94. The summed E-state index contributed by atoms with van der Waals surface area (Å²) in [7, 11) is 0. The predicted octanol–water partition coefficient (Wildman–Crippen LogP) is 3.04. The van der Waals surface area contributed by atoms with Crippen molar-refractivity contribution in [3.8, 4) is 0 Å². The third-order valence-electron chi connectivity index (χ3n) is 2.30. The zero-order valence-electron chi connectivity index (χ0n) is 7.52. The first-order valence-corrected chi connectivity index (χ1v) is 4.38. The molecule has 0 atom stereocenters. The topological polar surface area (TPSA) is 15.8 Å². The largest absolute Gasteiger partial charge is 0.361 e. The highest BCUT2D eigenvalue weighted by atomic mass is 14.7. The molecule has 1 aromatic carbocycles. The first kappa shape index (κ1) is 7.41. The summed E-state index contributed by atoms with van der Waals surface area (Å²) in [5, 5.41) is 1.36. The van der Waals surface area contributed by atoms with Crippen molar-refractivity contribution < 1.29 is 0 Å². The summed E-state index contributed by atoms with van der Waals surface area (Å²) in [6.45, 7) is 4.30. The van der Waals surface area contributed by atoms with Gasteiger partial charge in [0.15, 0.2) is 0 Å². The van der Waals surface area contributed by atoms with Crippen molar-refractivity contribution in [1.29, 1.82) is 0 Å². The van der Waals surface area contributed by atoms with Gasteiger partial charge in [0.05, 0.1) is 0 Å². The lowest BCUT2D eigenvalue weighted by molar-refractivity contribution is 1.15. The van der Waals surface area contributed by atoms with Gasteiger partial charge in [0.25, 0.3) is 0 Å². The molecule has 2 rings (SSSR count). The highest BCUT2D eigenvalue weighted by molar-refractivity contribution is 5.83. The zero-order valence-corrected chi connectivity index (χ0v) is 7.52. The second kappa shape index (κ2) is 2.67. The van der Waals surface area contributed by atoms with Gasteiger partial charge >= 0.3 is 0 Å². The molecule has 12 heavy (non-hydrogen) atoms. The number of hydrogen-bond acceptors (Lipinski definition) is 0. The molecule has 1 heteroatoms. The first-order valence-electron chi connectivity index (χ1n) is 4.38. The second-order valence-electron chi connectivity index (χ2n) is 3.22. The minimum atomic E-state index is 1.10. The second-order valence-corrected chi connectivity index (χ2v) is 3.22. The molecule has 1 heterocycles. The number of H-pyrrole nitrogens is 1. The van der Waals surface area contributed by atoms with Gasteiger partial charge < -0.3 is 4.98 Å². The Labute approximate surface area is 72.4 Å². The normalized spacial score (nSPS) is 10.8. The summed E-state index contributed by atoms with van der Waals surface area (Å²) in [5.74, 6) is 0. The average Bonchev–Trinajstić information content (AvgIpc) is 2.46. The van der Waals surface area contributed by atoms with Crippen LogP contribution in [0.25, 0.3) is 10.9 Å². The van der Waals surface area contributed by atoms with Crippen molar-refractivity contribution in [2.75, 3.05) is 0 Å². The van der Waals surface area contributed by atoms with E-state index in [1.807, 2.05) is 0 Å². The lowest BCUT2D eigenvalue weighted by atomic mass is 10.1.